The molecule has 0 aliphatic carbocycles. The smallest absolute Gasteiger partial charge is 0.277 e. The molecule has 0 spiro atoms. The topological polar surface area (TPSA) is 60.2 Å². The summed E-state index contributed by atoms with van der Waals surface area (Å²) in [5, 5.41) is 10.8. The number of rotatable bonds is 3. The maximum atomic E-state index is 11.3. The van der Waals surface area contributed by atoms with E-state index in [9.17, 15) is 14.9 Å². The third-order valence-electron chi connectivity index (χ3n) is 2.05. The Morgan fingerprint density at radius 1 is 1.40 bits per heavy atom. The van der Waals surface area contributed by atoms with Gasteiger partial charge in [0.15, 0.2) is 5.78 Å². The van der Waals surface area contributed by atoms with Crippen molar-refractivity contribution >= 4 is 17.0 Å². The zero-order valence-electron chi connectivity index (χ0n) is 8.61. The second-order valence-electron chi connectivity index (χ2n) is 3.29. The molecule has 0 aliphatic heterocycles. The highest BCUT2D eigenvalue weighted by molar-refractivity contribution is 6.00. The van der Waals surface area contributed by atoms with Gasteiger partial charge in [-0.1, -0.05) is 18.7 Å². The monoisotopic (exact) mass is 205 g/mol. The average molecular weight is 205 g/mol. The molecule has 1 aromatic carbocycles. The van der Waals surface area contributed by atoms with Gasteiger partial charge in [-0.25, -0.2) is 0 Å². The lowest BCUT2D eigenvalue weighted by Crippen LogP contribution is -2.02. The zero-order valence-corrected chi connectivity index (χ0v) is 8.61. The number of nitrogens with zero attached hydrogens (tertiary/aromatic N) is 1. The molecule has 4 nitrogen and oxygen atoms in total. The van der Waals surface area contributed by atoms with Crippen LogP contribution in [0.1, 0.15) is 29.8 Å². The second kappa shape index (κ2) is 4.04. The first kappa shape index (κ1) is 11.1. The van der Waals surface area contributed by atoms with E-state index in [0.717, 1.165) is 0 Å². The van der Waals surface area contributed by atoms with Crippen LogP contribution in [0.2, 0.25) is 0 Å². The number of hydrogen-bond acceptors (Lipinski definition) is 3. The minimum absolute atomic E-state index is 0.0739. The highest BCUT2D eigenvalue weighted by atomic mass is 16.6. The molecule has 0 N–H and O–H groups in total. The van der Waals surface area contributed by atoms with Gasteiger partial charge in [0.25, 0.3) is 5.69 Å². The molecule has 0 atom stereocenters. The summed E-state index contributed by atoms with van der Waals surface area (Å²) in [5.41, 5.74) is 1.12. The van der Waals surface area contributed by atoms with Gasteiger partial charge in [-0.3, -0.25) is 14.9 Å². The molecule has 78 valence electrons. The molecule has 0 saturated carbocycles. The van der Waals surface area contributed by atoms with Gasteiger partial charge >= 0.3 is 0 Å². The number of carbonyl (C=O) groups excluding carboxylic acids is 1. The fourth-order valence-corrected chi connectivity index (χ4v) is 1.43. The Hall–Kier alpha value is -1.97. The fraction of sp³-hybridized carbons (Fsp3) is 0.182. The van der Waals surface area contributed by atoms with Gasteiger partial charge < -0.3 is 0 Å². The molecule has 0 bridgehead atoms. The Labute approximate surface area is 87.4 Å². The van der Waals surface area contributed by atoms with Crippen molar-refractivity contribution in [3.8, 4) is 0 Å². The van der Waals surface area contributed by atoms with Crippen LogP contribution in [0.25, 0.3) is 5.57 Å². The van der Waals surface area contributed by atoms with Crippen molar-refractivity contribution < 1.29 is 9.72 Å². The SMILES string of the molecule is C=C(C)c1c(C(C)=O)cccc1[N+](=O)[O-]. The van der Waals surface area contributed by atoms with Gasteiger partial charge in [-0.15, -0.1) is 0 Å². The molecule has 15 heavy (non-hydrogen) atoms. The minimum atomic E-state index is -0.504. The predicted molar refractivity (Wildman–Crippen MR) is 57.8 cm³/mol. The van der Waals surface area contributed by atoms with Gasteiger partial charge in [0.1, 0.15) is 0 Å². The summed E-state index contributed by atoms with van der Waals surface area (Å²) in [5.74, 6) is -0.197. The molecule has 0 unspecified atom stereocenters. The van der Waals surface area contributed by atoms with Crippen LogP contribution in [0.3, 0.4) is 0 Å². The first-order chi connectivity index (χ1) is 6.95. The lowest BCUT2D eigenvalue weighted by Gasteiger charge is -2.06. The number of Topliss-reactive ketones (excluding diaryl/α,β-unsaturated/α-hetero) is 1. The molecule has 0 fully saturated rings. The number of hydrogen-bond donors (Lipinski definition) is 0. The van der Waals surface area contributed by atoms with E-state index in [2.05, 4.69) is 6.58 Å². The van der Waals surface area contributed by atoms with Gasteiger partial charge in [-0.05, 0) is 19.4 Å². The van der Waals surface area contributed by atoms with Gasteiger partial charge in [0.05, 0.1) is 10.5 Å². The molecule has 0 saturated heterocycles. The highest BCUT2D eigenvalue weighted by Gasteiger charge is 2.19. The molecular weight excluding hydrogens is 194 g/mol. The number of benzene rings is 1. The van der Waals surface area contributed by atoms with Crippen LogP contribution in [-0.2, 0) is 0 Å². The first-order valence-electron chi connectivity index (χ1n) is 4.39. The summed E-state index contributed by atoms with van der Waals surface area (Å²) in [6, 6.07) is 4.44. The Morgan fingerprint density at radius 3 is 2.40 bits per heavy atom. The third kappa shape index (κ3) is 2.10. The van der Waals surface area contributed by atoms with Crippen LogP contribution < -0.4 is 0 Å². The van der Waals surface area contributed by atoms with Crippen molar-refractivity contribution in [1.29, 1.82) is 0 Å². The molecule has 4 heteroatoms. The summed E-state index contributed by atoms with van der Waals surface area (Å²) in [7, 11) is 0. The number of carbonyl (C=O) groups is 1. The van der Waals surface area contributed by atoms with Crippen molar-refractivity contribution in [3.63, 3.8) is 0 Å². The van der Waals surface area contributed by atoms with Crippen molar-refractivity contribution in [3.05, 3.63) is 46.0 Å². The molecule has 1 rings (SSSR count). The van der Waals surface area contributed by atoms with Crippen molar-refractivity contribution in [2.24, 2.45) is 0 Å². The van der Waals surface area contributed by atoms with Crippen molar-refractivity contribution in [2.45, 2.75) is 13.8 Å². The van der Waals surface area contributed by atoms with E-state index in [0.29, 0.717) is 16.7 Å². The Balaban J connectivity index is 3.56. The largest absolute Gasteiger partial charge is 0.294 e. The minimum Gasteiger partial charge on any atom is -0.294 e. The standard InChI is InChI=1S/C11H11NO3/c1-7(2)11-9(8(3)13)5-4-6-10(11)12(14)15/h4-6H,1H2,2-3H3. The van der Waals surface area contributed by atoms with E-state index >= 15 is 0 Å². The molecule has 1 aromatic rings. The zero-order chi connectivity index (χ0) is 11.6. The quantitative estimate of drug-likeness (QED) is 0.433. The van der Waals surface area contributed by atoms with E-state index in [-0.39, 0.29) is 11.5 Å². The molecule has 0 aromatic heterocycles. The number of ketones is 1. The third-order valence-corrected chi connectivity index (χ3v) is 2.05. The second-order valence-corrected chi connectivity index (χ2v) is 3.29. The maximum Gasteiger partial charge on any atom is 0.277 e. The lowest BCUT2D eigenvalue weighted by atomic mass is 9.97. The Morgan fingerprint density at radius 2 is 2.00 bits per heavy atom. The molecular formula is C11H11NO3. The molecule has 0 aliphatic rings. The van der Waals surface area contributed by atoms with Gasteiger partial charge in [0.2, 0.25) is 0 Å². The Kier molecular flexibility index (Phi) is 2.99. The van der Waals surface area contributed by atoms with Crippen LogP contribution in [0, 0.1) is 10.1 Å². The molecule has 0 heterocycles. The average Bonchev–Trinajstić information content (AvgIpc) is 2.16. The van der Waals surface area contributed by atoms with Crippen molar-refractivity contribution in [1.82, 2.24) is 0 Å². The van der Waals surface area contributed by atoms with Gasteiger partial charge in [0, 0.05) is 11.6 Å². The first-order valence-corrected chi connectivity index (χ1v) is 4.39. The number of allylic oxidation sites excluding steroid dienone is 1. The van der Waals surface area contributed by atoms with Gasteiger partial charge in [-0.2, -0.15) is 0 Å². The molecule has 0 radical (unpaired) electrons. The fourth-order valence-electron chi connectivity index (χ4n) is 1.43. The van der Waals surface area contributed by atoms with E-state index in [1.165, 1.54) is 19.1 Å². The normalized spacial score (nSPS) is 9.73. The lowest BCUT2D eigenvalue weighted by molar-refractivity contribution is -0.385. The summed E-state index contributed by atoms with van der Waals surface area (Å²) < 4.78 is 0. The van der Waals surface area contributed by atoms with Crippen LogP contribution in [0.15, 0.2) is 24.8 Å². The van der Waals surface area contributed by atoms with Crippen LogP contribution in [0.4, 0.5) is 5.69 Å². The van der Waals surface area contributed by atoms with Crippen LogP contribution in [0.5, 0.6) is 0 Å². The van der Waals surface area contributed by atoms with E-state index in [4.69, 9.17) is 0 Å². The maximum absolute atomic E-state index is 11.3. The number of nitro groups is 1. The summed E-state index contributed by atoms with van der Waals surface area (Å²) >= 11 is 0. The van der Waals surface area contributed by atoms with E-state index in [1.54, 1.807) is 13.0 Å². The predicted octanol–water partition coefficient (Wildman–Crippen LogP) is 2.83. The van der Waals surface area contributed by atoms with Crippen LogP contribution in [-0.4, -0.2) is 10.7 Å². The molecule has 0 amide bonds. The Bertz CT molecular complexity index is 417. The number of nitro benzene ring substituents is 1. The summed E-state index contributed by atoms with van der Waals surface area (Å²) in [6.45, 7) is 6.68. The summed E-state index contributed by atoms with van der Waals surface area (Å²) in [4.78, 5) is 21.5. The van der Waals surface area contributed by atoms with E-state index < -0.39 is 4.92 Å². The van der Waals surface area contributed by atoms with Crippen molar-refractivity contribution in [2.75, 3.05) is 0 Å². The summed E-state index contributed by atoms with van der Waals surface area (Å²) in [6.07, 6.45) is 0. The highest BCUT2D eigenvalue weighted by Crippen LogP contribution is 2.28. The van der Waals surface area contributed by atoms with E-state index in [1.807, 2.05) is 0 Å². The van der Waals surface area contributed by atoms with Crippen LogP contribution >= 0.6 is 0 Å².